The normalized spacial score (nSPS) is 10.1. The molecule has 98 valence electrons. The van der Waals surface area contributed by atoms with Gasteiger partial charge in [0.1, 0.15) is 5.82 Å². The first kappa shape index (κ1) is 14.1. The summed E-state index contributed by atoms with van der Waals surface area (Å²) in [5, 5.41) is 13.6. The predicted octanol–water partition coefficient (Wildman–Crippen LogP) is 0.506. The number of benzene rings is 1. The Labute approximate surface area is 104 Å². The summed E-state index contributed by atoms with van der Waals surface area (Å²) in [6, 6.07) is 6.18. The summed E-state index contributed by atoms with van der Waals surface area (Å²) in [5.74, 6) is -1.59. The number of hydrogen-bond donors (Lipinski definition) is 3. The fourth-order valence-corrected chi connectivity index (χ4v) is 1.30. The SMILES string of the molecule is O=C(O)CCNCC(=O)NCc1ccccc1F. The molecule has 1 aromatic rings. The molecule has 0 saturated carbocycles. The van der Waals surface area contributed by atoms with Gasteiger partial charge in [-0.2, -0.15) is 0 Å². The first-order chi connectivity index (χ1) is 8.59. The molecule has 3 N–H and O–H groups in total. The zero-order valence-corrected chi connectivity index (χ0v) is 9.78. The molecule has 0 atom stereocenters. The number of nitrogens with one attached hydrogen (secondary N) is 2. The number of carbonyl (C=O) groups excluding carboxylic acids is 1. The maximum Gasteiger partial charge on any atom is 0.304 e. The van der Waals surface area contributed by atoms with Crippen molar-refractivity contribution in [1.82, 2.24) is 10.6 Å². The number of hydrogen-bond acceptors (Lipinski definition) is 3. The third kappa shape index (κ3) is 5.40. The minimum atomic E-state index is -0.922. The molecule has 1 aromatic carbocycles. The summed E-state index contributed by atoms with van der Waals surface area (Å²) in [4.78, 5) is 21.5. The van der Waals surface area contributed by atoms with E-state index in [0.717, 1.165) is 0 Å². The van der Waals surface area contributed by atoms with Crippen LogP contribution >= 0.6 is 0 Å². The lowest BCUT2D eigenvalue weighted by atomic mass is 10.2. The maximum atomic E-state index is 13.2. The zero-order chi connectivity index (χ0) is 13.4. The summed E-state index contributed by atoms with van der Waals surface area (Å²) in [5.41, 5.74) is 0.413. The summed E-state index contributed by atoms with van der Waals surface area (Å²) in [6.45, 7) is 0.357. The molecule has 0 aliphatic carbocycles. The molecule has 0 radical (unpaired) electrons. The van der Waals surface area contributed by atoms with Gasteiger partial charge in [-0.25, -0.2) is 4.39 Å². The van der Waals surface area contributed by atoms with E-state index in [-0.39, 0.29) is 37.8 Å². The summed E-state index contributed by atoms with van der Waals surface area (Å²) in [6.07, 6.45) is -0.0411. The van der Waals surface area contributed by atoms with Gasteiger partial charge in [0.15, 0.2) is 0 Å². The van der Waals surface area contributed by atoms with Crippen LogP contribution in [0.2, 0.25) is 0 Å². The maximum absolute atomic E-state index is 13.2. The second-order valence-electron chi connectivity index (χ2n) is 3.69. The van der Waals surface area contributed by atoms with E-state index in [1.165, 1.54) is 6.07 Å². The van der Waals surface area contributed by atoms with Gasteiger partial charge in [0.2, 0.25) is 5.91 Å². The van der Waals surface area contributed by atoms with E-state index in [4.69, 9.17) is 5.11 Å². The fourth-order valence-electron chi connectivity index (χ4n) is 1.30. The highest BCUT2D eigenvalue weighted by atomic mass is 19.1. The van der Waals surface area contributed by atoms with Gasteiger partial charge in [-0.05, 0) is 6.07 Å². The van der Waals surface area contributed by atoms with E-state index in [1.54, 1.807) is 18.2 Å². The molecular weight excluding hydrogens is 239 g/mol. The Morgan fingerprint density at radius 3 is 2.67 bits per heavy atom. The van der Waals surface area contributed by atoms with Crippen LogP contribution in [0, 0.1) is 5.82 Å². The molecule has 5 nitrogen and oxygen atoms in total. The highest BCUT2D eigenvalue weighted by Crippen LogP contribution is 2.04. The second-order valence-corrected chi connectivity index (χ2v) is 3.69. The minimum absolute atomic E-state index is 0.0156. The topological polar surface area (TPSA) is 78.4 Å². The molecule has 0 aromatic heterocycles. The molecule has 0 bridgehead atoms. The standard InChI is InChI=1S/C12H15FN2O3/c13-10-4-2-1-3-9(10)7-15-11(16)8-14-6-5-12(17)18/h1-4,14H,5-8H2,(H,15,16)(H,17,18). The van der Waals surface area contributed by atoms with E-state index in [1.807, 2.05) is 0 Å². The molecule has 18 heavy (non-hydrogen) atoms. The fraction of sp³-hybridized carbons (Fsp3) is 0.333. The lowest BCUT2D eigenvalue weighted by Gasteiger charge is -2.06. The van der Waals surface area contributed by atoms with Gasteiger partial charge in [0.05, 0.1) is 13.0 Å². The van der Waals surface area contributed by atoms with Gasteiger partial charge in [-0.15, -0.1) is 0 Å². The largest absolute Gasteiger partial charge is 0.481 e. The van der Waals surface area contributed by atoms with Crippen molar-refractivity contribution in [3.63, 3.8) is 0 Å². The summed E-state index contributed by atoms with van der Waals surface area (Å²) in [7, 11) is 0. The first-order valence-electron chi connectivity index (χ1n) is 5.52. The lowest BCUT2D eigenvalue weighted by Crippen LogP contribution is -2.34. The molecule has 0 spiro atoms. The molecule has 0 aliphatic heterocycles. The molecule has 0 saturated heterocycles. The van der Waals surface area contributed by atoms with Crippen molar-refractivity contribution in [2.45, 2.75) is 13.0 Å². The van der Waals surface area contributed by atoms with Crippen molar-refractivity contribution in [1.29, 1.82) is 0 Å². The van der Waals surface area contributed by atoms with E-state index in [0.29, 0.717) is 5.56 Å². The van der Waals surface area contributed by atoms with E-state index in [2.05, 4.69) is 10.6 Å². The Kier molecular flexibility index (Phi) is 5.79. The van der Waals surface area contributed by atoms with Gasteiger partial charge in [0, 0.05) is 18.7 Å². The number of carbonyl (C=O) groups is 2. The molecule has 6 heteroatoms. The van der Waals surface area contributed by atoms with Crippen molar-refractivity contribution < 1.29 is 19.1 Å². The Bertz CT molecular complexity index is 424. The Morgan fingerprint density at radius 1 is 1.28 bits per heavy atom. The van der Waals surface area contributed by atoms with Crippen molar-refractivity contribution in [2.75, 3.05) is 13.1 Å². The first-order valence-corrected chi connectivity index (χ1v) is 5.52. The average molecular weight is 254 g/mol. The second kappa shape index (κ2) is 7.39. The predicted molar refractivity (Wildman–Crippen MR) is 63.4 cm³/mol. The third-order valence-electron chi connectivity index (χ3n) is 2.24. The van der Waals surface area contributed by atoms with Crippen LogP contribution in [0.25, 0.3) is 0 Å². The molecule has 0 fully saturated rings. The van der Waals surface area contributed by atoms with Crippen molar-refractivity contribution in [3.8, 4) is 0 Å². The van der Waals surface area contributed by atoms with Crippen LogP contribution in [0.4, 0.5) is 4.39 Å². The molecule has 0 aliphatic rings. The lowest BCUT2D eigenvalue weighted by molar-refractivity contribution is -0.137. The van der Waals surface area contributed by atoms with Crippen molar-refractivity contribution in [3.05, 3.63) is 35.6 Å². The minimum Gasteiger partial charge on any atom is -0.481 e. The van der Waals surface area contributed by atoms with Gasteiger partial charge in [0.25, 0.3) is 0 Å². The number of carboxylic acid groups (broad SMARTS) is 1. The Hall–Kier alpha value is -1.95. The van der Waals surface area contributed by atoms with Gasteiger partial charge in [-0.3, -0.25) is 9.59 Å². The zero-order valence-electron chi connectivity index (χ0n) is 9.78. The Balaban J connectivity index is 2.21. The van der Waals surface area contributed by atoms with E-state index < -0.39 is 5.97 Å². The van der Waals surface area contributed by atoms with Crippen LogP contribution in [0.3, 0.4) is 0 Å². The number of carboxylic acids is 1. The summed E-state index contributed by atoms with van der Waals surface area (Å²) < 4.78 is 13.2. The molecule has 0 unspecified atom stereocenters. The van der Waals surface area contributed by atoms with Crippen LogP contribution in [-0.2, 0) is 16.1 Å². The monoisotopic (exact) mass is 254 g/mol. The Morgan fingerprint density at radius 2 is 2.00 bits per heavy atom. The number of amides is 1. The molecule has 1 amide bonds. The van der Waals surface area contributed by atoms with Crippen molar-refractivity contribution in [2.24, 2.45) is 0 Å². The van der Waals surface area contributed by atoms with E-state index >= 15 is 0 Å². The van der Waals surface area contributed by atoms with Crippen molar-refractivity contribution >= 4 is 11.9 Å². The number of rotatable bonds is 7. The van der Waals surface area contributed by atoms with Crippen LogP contribution in [0.1, 0.15) is 12.0 Å². The number of aliphatic carboxylic acids is 1. The van der Waals surface area contributed by atoms with Crippen LogP contribution < -0.4 is 10.6 Å². The number of halogens is 1. The van der Waals surface area contributed by atoms with Crippen LogP contribution in [-0.4, -0.2) is 30.1 Å². The van der Waals surface area contributed by atoms with Gasteiger partial charge in [-0.1, -0.05) is 18.2 Å². The van der Waals surface area contributed by atoms with Crippen LogP contribution in [0.5, 0.6) is 0 Å². The van der Waals surface area contributed by atoms with Crippen LogP contribution in [0.15, 0.2) is 24.3 Å². The summed E-state index contributed by atoms with van der Waals surface area (Å²) >= 11 is 0. The van der Waals surface area contributed by atoms with Gasteiger partial charge < -0.3 is 15.7 Å². The quantitative estimate of drug-likeness (QED) is 0.619. The average Bonchev–Trinajstić information content (AvgIpc) is 2.33. The smallest absolute Gasteiger partial charge is 0.304 e. The van der Waals surface area contributed by atoms with Gasteiger partial charge >= 0.3 is 5.97 Å². The molecular formula is C12H15FN2O3. The highest BCUT2D eigenvalue weighted by molar-refractivity contribution is 5.78. The van der Waals surface area contributed by atoms with E-state index in [9.17, 15) is 14.0 Å². The third-order valence-corrected chi connectivity index (χ3v) is 2.24. The highest BCUT2D eigenvalue weighted by Gasteiger charge is 2.04. The molecule has 0 heterocycles. The molecule has 1 rings (SSSR count).